The van der Waals surface area contributed by atoms with Crippen molar-refractivity contribution in [3.05, 3.63) is 16.3 Å². The number of halogens is 1. The lowest BCUT2D eigenvalue weighted by atomic mass is 10.2. The minimum absolute atomic E-state index is 0. The topological polar surface area (TPSA) is 101 Å². The standard InChI is InChI=1S/C11H17N3O3S2.ClH/c1-13-19(16,17)8-4-10(18-6-8)11(15)14-9(5-12)7-2-3-7;/h4,6-7,9,13H,2-3,5,12H2,1H3,(H,14,15);1H. The van der Waals surface area contributed by atoms with Gasteiger partial charge >= 0.3 is 0 Å². The molecule has 0 spiro atoms. The minimum Gasteiger partial charge on any atom is -0.347 e. The summed E-state index contributed by atoms with van der Waals surface area (Å²) in [6.45, 7) is 0.406. The predicted molar refractivity (Wildman–Crippen MR) is 80.8 cm³/mol. The van der Waals surface area contributed by atoms with Crippen molar-refractivity contribution in [2.75, 3.05) is 13.6 Å². The van der Waals surface area contributed by atoms with Crippen molar-refractivity contribution in [3.63, 3.8) is 0 Å². The molecule has 1 aromatic heterocycles. The summed E-state index contributed by atoms with van der Waals surface area (Å²) >= 11 is 1.11. The number of rotatable bonds is 6. The summed E-state index contributed by atoms with van der Waals surface area (Å²) in [6.07, 6.45) is 2.18. The molecule has 1 aliphatic carbocycles. The number of thiophene rings is 1. The van der Waals surface area contributed by atoms with Gasteiger partial charge in [0, 0.05) is 18.0 Å². The van der Waals surface area contributed by atoms with Crippen molar-refractivity contribution in [2.24, 2.45) is 11.7 Å². The summed E-state index contributed by atoms with van der Waals surface area (Å²) in [5, 5.41) is 4.31. The Kier molecular flexibility index (Phi) is 5.96. The molecule has 1 fully saturated rings. The predicted octanol–water partition coefficient (Wildman–Crippen LogP) is 0.545. The van der Waals surface area contributed by atoms with Gasteiger partial charge in [0.05, 0.1) is 9.77 Å². The molecule has 1 heterocycles. The van der Waals surface area contributed by atoms with Crippen LogP contribution in [0.1, 0.15) is 22.5 Å². The maximum absolute atomic E-state index is 12.0. The van der Waals surface area contributed by atoms with Gasteiger partial charge in [0.2, 0.25) is 10.0 Å². The third kappa shape index (κ3) is 3.92. The van der Waals surface area contributed by atoms with Crippen LogP contribution in [0.4, 0.5) is 0 Å². The molecule has 4 N–H and O–H groups in total. The van der Waals surface area contributed by atoms with Crippen LogP contribution in [0.2, 0.25) is 0 Å². The van der Waals surface area contributed by atoms with E-state index in [9.17, 15) is 13.2 Å². The fourth-order valence-electron chi connectivity index (χ4n) is 1.80. The minimum atomic E-state index is -3.49. The molecule has 2 rings (SSSR count). The molecule has 1 aromatic rings. The Hall–Kier alpha value is -0.670. The highest BCUT2D eigenvalue weighted by molar-refractivity contribution is 7.89. The number of hydrogen-bond donors (Lipinski definition) is 3. The van der Waals surface area contributed by atoms with Crippen LogP contribution in [0, 0.1) is 5.92 Å². The van der Waals surface area contributed by atoms with E-state index in [0.717, 1.165) is 24.2 Å². The van der Waals surface area contributed by atoms with E-state index in [1.54, 1.807) is 0 Å². The van der Waals surface area contributed by atoms with E-state index in [4.69, 9.17) is 5.73 Å². The SMILES string of the molecule is CNS(=O)(=O)c1csc(C(=O)NC(CN)C2CC2)c1.Cl. The molecule has 0 aliphatic heterocycles. The fourth-order valence-corrected chi connectivity index (χ4v) is 3.71. The highest BCUT2D eigenvalue weighted by Gasteiger charge is 2.31. The molecule has 1 atom stereocenters. The zero-order valence-corrected chi connectivity index (χ0v) is 13.4. The van der Waals surface area contributed by atoms with E-state index in [1.165, 1.54) is 18.5 Å². The molecule has 9 heteroatoms. The average molecular weight is 340 g/mol. The Morgan fingerprint density at radius 3 is 2.70 bits per heavy atom. The molecule has 0 radical (unpaired) electrons. The maximum Gasteiger partial charge on any atom is 0.261 e. The van der Waals surface area contributed by atoms with Gasteiger partial charge in [0.1, 0.15) is 0 Å². The molecule has 1 amide bonds. The van der Waals surface area contributed by atoms with E-state index in [0.29, 0.717) is 17.3 Å². The second kappa shape index (κ2) is 6.86. The molecule has 0 bridgehead atoms. The Labute approximate surface area is 128 Å². The fraction of sp³-hybridized carbons (Fsp3) is 0.545. The van der Waals surface area contributed by atoms with Crippen LogP contribution in [-0.2, 0) is 10.0 Å². The van der Waals surface area contributed by atoms with Crippen molar-refractivity contribution < 1.29 is 13.2 Å². The first-order chi connectivity index (χ1) is 8.97. The van der Waals surface area contributed by atoms with Gasteiger partial charge in [-0.15, -0.1) is 23.7 Å². The van der Waals surface area contributed by atoms with Gasteiger partial charge in [-0.1, -0.05) is 0 Å². The number of nitrogens with one attached hydrogen (secondary N) is 2. The summed E-state index contributed by atoms with van der Waals surface area (Å²) in [4.78, 5) is 12.5. The summed E-state index contributed by atoms with van der Waals surface area (Å²) in [6, 6.07) is 1.37. The average Bonchev–Trinajstić information content (AvgIpc) is 3.10. The molecular weight excluding hydrogens is 322 g/mol. The van der Waals surface area contributed by atoms with Gasteiger partial charge in [-0.2, -0.15) is 0 Å². The zero-order valence-electron chi connectivity index (χ0n) is 11.0. The van der Waals surface area contributed by atoms with Gasteiger partial charge in [-0.25, -0.2) is 13.1 Å². The molecule has 114 valence electrons. The normalized spacial score (nSPS) is 16.3. The van der Waals surface area contributed by atoms with Gasteiger partial charge in [0.25, 0.3) is 5.91 Å². The molecule has 1 saturated carbocycles. The lowest BCUT2D eigenvalue weighted by Crippen LogP contribution is -2.41. The number of amides is 1. The Morgan fingerprint density at radius 2 is 2.20 bits per heavy atom. The van der Waals surface area contributed by atoms with Crippen molar-refractivity contribution in [3.8, 4) is 0 Å². The van der Waals surface area contributed by atoms with E-state index >= 15 is 0 Å². The second-order valence-corrected chi connectivity index (χ2v) is 7.31. The van der Waals surface area contributed by atoms with Crippen LogP contribution in [0.15, 0.2) is 16.3 Å². The first-order valence-corrected chi connectivity index (χ1v) is 8.37. The largest absolute Gasteiger partial charge is 0.347 e. The van der Waals surface area contributed by atoms with Gasteiger partial charge in [-0.3, -0.25) is 4.79 Å². The summed E-state index contributed by atoms with van der Waals surface area (Å²) < 4.78 is 25.4. The zero-order chi connectivity index (χ0) is 14.0. The first-order valence-electron chi connectivity index (χ1n) is 6.01. The molecule has 1 unspecified atom stereocenters. The molecular formula is C11H18ClN3O3S2. The number of hydrogen-bond acceptors (Lipinski definition) is 5. The van der Waals surface area contributed by atoms with Gasteiger partial charge in [-0.05, 0) is 31.9 Å². The van der Waals surface area contributed by atoms with Crippen LogP contribution < -0.4 is 15.8 Å². The molecule has 0 aromatic carbocycles. The lowest BCUT2D eigenvalue weighted by molar-refractivity contribution is 0.0937. The number of carbonyl (C=O) groups excluding carboxylic acids is 1. The third-order valence-corrected chi connectivity index (χ3v) is 5.61. The Morgan fingerprint density at radius 1 is 1.55 bits per heavy atom. The first kappa shape index (κ1) is 17.4. The molecule has 20 heavy (non-hydrogen) atoms. The van der Waals surface area contributed by atoms with E-state index in [-0.39, 0.29) is 29.3 Å². The molecule has 0 saturated heterocycles. The van der Waals surface area contributed by atoms with Crippen molar-refractivity contribution in [1.82, 2.24) is 10.0 Å². The van der Waals surface area contributed by atoms with Crippen molar-refractivity contribution in [2.45, 2.75) is 23.8 Å². The highest BCUT2D eigenvalue weighted by atomic mass is 35.5. The highest BCUT2D eigenvalue weighted by Crippen LogP contribution is 2.32. The molecule has 1 aliphatic rings. The van der Waals surface area contributed by atoms with Gasteiger partial charge < -0.3 is 11.1 Å². The summed E-state index contributed by atoms with van der Waals surface area (Å²) in [5.41, 5.74) is 5.62. The monoisotopic (exact) mass is 339 g/mol. The van der Waals surface area contributed by atoms with Crippen LogP contribution >= 0.6 is 23.7 Å². The van der Waals surface area contributed by atoms with E-state index in [2.05, 4.69) is 10.0 Å². The summed E-state index contributed by atoms with van der Waals surface area (Å²) in [5.74, 6) is 0.208. The maximum atomic E-state index is 12.0. The van der Waals surface area contributed by atoms with Crippen molar-refractivity contribution in [1.29, 1.82) is 0 Å². The van der Waals surface area contributed by atoms with E-state index in [1.807, 2.05) is 0 Å². The van der Waals surface area contributed by atoms with Crippen LogP contribution in [0.3, 0.4) is 0 Å². The van der Waals surface area contributed by atoms with Crippen LogP contribution in [0.5, 0.6) is 0 Å². The quantitative estimate of drug-likeness (QED) is 0.704. The van der Waals surface area contributed by atoms with E-state index < -0.39 is 10.0 Å². The lowest BCUT2D eigenvalue weighted by Gasteiger charge is -2.14. The smallest absolute Gasteiger partial charge is 0.261 e. The van der Waals surface area contributed by atoms with Crippen LogP contribution in [0.25, 0.3) is 0 Å². The van der Waals surface area contributed by atoms with Gasteiger partial charge in [0.15, 0.2) is 0 Å². The number of sulfonamides is 1. The summed E-state index contributed by atoms with van der Waals surface area (Å²) in [7, 11) is -2.16. The Balaban J connectivity index is 0.00000200. The number of nitrogens with two attached hydrogens (primary N) is 1. The Bertz CT molecular complexity index is 569. The van der Waals surface area contributed by atoms with Crippen LogP contribution in [-0.4, -0.2) is 34.0 Å². The third-order valence-electron chi connectivity index (χ3n) is 3.14. The second-order valence-electron chi connectivity index (χ2n) is 4.51. The number of carbonyl (C=O) groups is 1. The molecule has 6 nitrogen and oxygen atoms in total. The van der Waals surface area contributed by atoms with Crippen molar-refractivity contribution >= 4 is 39.7 Å².